The lowest BCUT2D eigenvalue weighted by molar-refractivity contribution is 0.376. The van der Waals surface area contributed by atoms with Gasteiger partial charge in [0.25, 0.3) is 0 Å². The van der Waals surface area contributed by atoms with E-state index in [1.54, 1.807) is 0 Å². The van der Waals surface area contributed by atoms with E-state index in [0.29, 0.717) is 12.3 Å². The zero-order valence-electron chi connectivity index (χ0n) is 12.1. The standard InChI is InChI=1S/C15H20ClN5/c1-10-5-6-21(9-13(10)17)15-18-14(19-20-15)8-11-3-2-4-12(16)7-11/h2-4,7,10,13H,5-6,8-9,17H2,1H3,(H,18,19,20). The average Bonchev–Trinajstić information content (AvgIpc) is 2.90. The molecular weight excluding hydrogens is 286 g/mol. The highest BCUT2D eigenvalue weighted by Gasteiger charge is 2.25. The predicted molar refractivity (Wildman–Crippen MR) is 84.6 cm³/mol. The van der Waals surface area contributed by atoms with Gasteiger partial charge in [-0.15, -0.1) is 5.10 Å². The summed E-state index contributed by atoms with van der Waals surface area (Å²) in [6, 6.07) is 7.98. The third-order valence-corrected chi connectivity index (χ3v) is 4.31. The molecule has 1 aliphatic heterocycles. The normalized spacial score (nSPS) is 22.5. The highest BCUT2D eigenvalue weighted by molar-refractivity contribution is 6.30. The number of piperidine rings is 1. The van der Waals surface area contributed by atoms with Crippen molar-refractivity contribution in [2.45, 2.75) is 25.8 Å². The third kappa shape index (κ3) is 3.36. The Labute approximate surface area is 129 Å². The number of aromatic nitrogens is 3. The molecule has 6 heteroatoms. The van der Waals surface area contributed by atoms with E-state index in [1.165, 1.54) is 0 Å². The summed E-state index contributed by atoms with van der Waals surface area (Å²) in [5.41, 5.74) is 7.25. The fourth-order valence-electron chi connectivity index (χ4n) is 2.63. The number of benzene rings is 1. The molecule has 1 aromatic carbocycles. The molecule has 2 heterocycles. The van der Waals surface area contributed by atoms with E-state index in [4.69, 9.17) is 17.3 Å². The number of halogens is 1. The lowest BCUT2D eigenvalue weighted by Gasteiger charge is -2.34. The molecule has 2 unspecified atom stereocenters. The maximum absolute atomic E-state index is 6.13. The van der Waals surface area contributed by atoms with Gasteiger partial charge in [0.15, 0.2) is 0 Å². The second-order valence-corrected chi connectivity index (χ2v) is 6.20. The van der Waals surface area contributed by atoms with E-state index in [2.05, 4.69) is 27.0 Å². The number of hydrogen-bond acceptors (Lipinski definition) is 4. The highest BCUT2D eigenvalue weighted by Crippen LogP contribution is 2.20. The molecule has 0 spiro atoms. The Bertz CT molecular complexity index is 612. The number of nitrogens with zero attached hydrogens (tertiary/aromatic N) is 3. The Balaban J connectivity index is 1.69. The molecule has 0 aliphatic carbocycles. The van der Waals surface area contributed by atoms with Crippen molar-refractivity contribution >= 4 is 17.5 Å². The first kappa shape index (κ1) is 14.4. The van der Waals surface area contributed by atoms with Gasteiger partial charge in [-0.2, -0.15) is 4.98 Å². The van der Waals surface area contributed by atoms with Crippen LogP contribution in [0, 0.1) is 5.92 Å². The Morgan fingerprint density at radius 1 is 1.48 bits per heavy atom. The van der Waals surface area contributed by atoms with Crippen LogP contribution >= 0.6 is 11.6 Å². The van der Waals surface area contributed by atoms with Crippen molar-refractivity contribution in [1.29, 1.82) is 0 Å². The summed E-state index contributed by atoms with van der Waals surface area (Å²) in [6.07, 6.45) is 1.78. The Morgan fingerprint density at radius 2 is 2.33 bits per heavy atom. The molecule has 1 saturated heterocycles. The van der Waals surface area contributed by atoms with Gasteiger partial charge in [-0.05, 0) is 30.0 Å². The minimum atomic E-state index is 0.189. The van der Waals surface area contributed by atoms with Crippen LogP contribution < -0.4 is 10.6 Å². The second-order valence-electron chi connectivity index (χ2n) is 5.76. The van der Waals surface area contributed by atoms with Gasteiger partial charge in [0, 0.05) is 30.6 Å². The molecule has 2 aromatic rings. The van der Waals surface area contributed by atoms with Gasteiger partial charge in [0.05, 0.1) is 0 Å². The van der Waals surface area contributed by atoms with Gasteiger partial charge < -0.3 is 10.6 Å². The lowest BCUT2D eigenvalue weighted by Crippen LogP contribution is -2.48. The fourth-order valence-corrected chi connectivity index (χ4v) is 2.84. The van der Waals surface area contributed by atoms with Crippen molar-refractivity contribution in [2.75, 3.05) is 18.0 Å². The van der Waals surface area contributed by atoms with E-state index in [9.17, 15) is 0 Å². The zero-order valence-corrected chi connectivity index (χ0v) is 12.8. The molecule has 1 fully saturated rings. The fraction of sp³-hybridized carbons (Fsp3) is 0.467. The summed E-state index contributed by atoms with van der Waals surface area (Å²) in [5, 5.41) is 8.07. The van der Waals surface area contributed by atoms with Gasteiger partial charge >= 0.3 is 0 Å². The lowest BCUT2D eigenvalue weighted by atomic mass is 9.95. The minimum Gasteiger partial charge on any atom is -0.338 e. The van der Waals surface area contributed by atoms with Crippen LogP contribution in [0.15, 0.2) is 24.3 Å². The molecule has 0 bridgehead atoms. The minimum absolute atomic E-state index is 0.189. The number of aromatic amines is 1. The van der Waals surface area contributed by atoms with Gasteiger partial charge in [-0.1, -0.05) is 30.7 Å². The van der Waals surface area contributed by atoms with Crippen LogP contribution in [-0.4, -0.2) is 34.3 Å². The van der Waals surface area contributed by atoms with Crippen molar-refractivity contribution in [3.8, 4) is 0 Å². The summed E-state index contributed by atoms with van der Waals surface area (Å²) in [6.45, 7) is 3.98. The Morgan fingerprint density at radius 3 is 3.10 bits per heavy atom. The number of H-pyrrole nitrogens is 1. The highest BCUT2D eigenvalue weighted by atomic mass is 35.5. The van der Waals surface area contributed by atoms with Crippen molar-refractivity contribution in [3.63, 3.8) is 0 Å². The number of nitrogens with two attached hydrogens (primary N) is 1. The summed E-state index contributed by atoms with van der Waals surface area (Å²) in [7, 11) is 0. The monoisotopic (exact) mass is 305 g/mol. The maximum Gasteiger partial charge on any atom is 0.244 e. The topological polar surface area (TPSA) is 70.8 Å². The summed E-state index contributed by atoms with van der Waals surface area (Å²) < 4.78 is 0. The van der Waals surface area contributed by atoms with Crippen LogP contribution in [0.4, 0.5) is 5.95 Å². The van der Waals surface area contributed by atoms with Crippen molar-refractivity contribution in [3.05, 3.63) is 40.7 Å². The van der Waals surface area contributed by atoms with E-state index in [-0.39, 0.29) is 6.04 Å². The van der Waals surface area contributed by atoms with Crippen molar-refractivity contribution < 1.29 is 0 Å². The molecule has 2 atom stereocenters. The smallest absolute Gasteiger partial charge is 0.244 e. The molecule has 0 saturated carbocycles. The van der Waals surface area contributed by atoms with Crippen molar-refractivity contribution in [1.82, 2.24) is 15.2 Å². The first-order chi connectivity index (χ1) is 10.1. The van der Waals surface area contributed by atoms with E-state index < -0.39 is 0 Å². The molecule has 3 N–H and O–H groups in total. The number of anilines is 1. The summed E-state index contributed by atoms with van der Waals surface area (Å²) >= 11 is 6.00. The number of rotatable bonds is 3. The second kappa shape index (κ2) is 6.03. The molecule has 21 heavy (non-hydrogen) atoms. The number of hydrogen-bond donors (Lipinski definition) is 2. The van der Waals surface area contributed by atoms with E-state index in [0.717, 1.165) is 41.9 Å². The van der Waals surface area contributed by atoms with Gasteiger partial charge in [-0.3, -0.25) is 5.10 Å². The van der Waals surface area contributed by atoms with E-state index >= 15 is 0 Å². The van der Waals surface area contributed by atoms with Gasteiger partial charge in [-0.25, -0.2) is 0 Å². The van der Waals surface area contributed by atoms with Crippen LogP contribution in [0.5, 0.6) is 0 Å². The van der Waals surface area contributed by atoms with Crippen LogP contribution in [0.25, 0.3) is 0 Å². The van der Waals surface area contributed by atoms with Crippen molar-refractivity contribution in [2.24, 2.45) is 11.7 Å². The molecule has 1 aliphatic rings. The molecule has 5 nitrogen and oxygen atoms in total. The summed E-state index contributed by atoms with van der Waals surface area (Å²) in [5.74, 6) is 2.15. The molecule has 1 aromatic heterocycles. The quantitative estimate of drug-likeness (QED) is 0.912. The SMILES string of the molecule is CC1CCN(c2n[nH]c(Cc3cccc(Cl)c3)n2)CC1N. The van der Waals surface area contributed by atoms with Gasteiger partial charge in [0.2, 0.25) is 5.95 Å². The first-order valence-corrected chi connectivity index (χ1v) is 7.66. The maximum atomic E-state index is 6.13. The molecule has 0 amide bonds. The zero-order chi connectivity index (χ0) is 14.8. The molecule has 112 valence electrons. The Hall–Kier alpha value is -1.59. The molecule has 3 rings (SSSR count). The van der Waals surface area contributed by atoms with Gasteiger partial charge in [0.1, 0.15) is 5.82 Å². The molecule has 0 radical (unpaired) electrons. The van der Waals surface area contributed by atoms with Crippen LogP contribution in [0.2, 0.25) is 5.02 Å². The molecular formula is C15H20ClN5. The summed E-state index contributed by atoms with van der Waals surface area (Å²) in [4.78, 5) is 6.73. The Kier molecular flexibility index (Phi) is 4.12. The van der Waals surface area contributed by atoms with Crippen LogP contribution in [0.3, 0.4) is 0 Å². The van der Waals surface area contributed by atoms with Crippen LogP contribution in [-0.2, 0) is 6.42 Å². The largest absolute Gasteiger partial charge is 0.338 e. The predicted octanol–water partition coefficient (Wildman–Crippen LogP) is 2.22. The third-order valence-electron chi connectivity index (χ3n) is 4.08. The van der Waals surface area contributed by atoms with Crippen LogP contribution in [0.1, 0.15) is 24.7 Å². The first-order valence-electron chi connectivity index (χ1n) is 7.28. The van der Waals surface area contributed by atoms with E-state index in [1.807, 2.05) is 24.3 Å². The number of nitrogens with one attached hydrogen (secondary N) is 1. The average molecular weight is 306 g/mol.